The Kier molecular flexibility index (Phi) is 6.41. The predicted octanol–water partition coefficient (Wildman–Crippen LogP) is 2.81. The average Bonchev–Trinajstić information content (AvgIpc) is 3.26. The van der Waals surface area contributed by atoms with Gasteiger partial charge in [-0.25, -0.2) is 19.2 Å². The summed E-state index contributed by atoms with van der Waals surface area (Å²) in [5.74, 6) is -0.873. The lowest BCUT2D eigenvalue weighted by Crippen LogP contribution is -2.45. The molecule has 0 radical (unpaired) electrons. The highest BCUT2D eigenvalue weighted by atomic mass is 19.1. The Morgan fingerprint density at radius 1 is 1.17 bits per heavy atom. The Morgan fingerprint density at radius 3 is 2.41 bits per heavy atom. The predicted molar refractivity (Wildman–Crippen MR) is 107 cm³/mol. The second kappa shape index (κ2) is 8.98. The molecule has 8 heteroatoms. The third-order valence-corrected chi connectivity index (χ3v) is 4.92. The van der Waals surface area contributed by atoms with Crippen molar-refractivity contribution in [3.05, 3.63) is 42.0 Å². The van der Waals surface area contributed by atoms with Crippen molar-refractivity contribution in [1.82, 2.24) is 15.3 Å². The number of carbonyl (C=O) groups is 2. The van der Waals surface area contributed by atoms with Gasteiger partial charge in [-0.05, 0) is 43.0 Å². The van der Waals surface area contributed by atoms with Crippen LogP contribution >= 0.6 is 0 Å². The van der Waals surface area contributed by atoms with Crippen LogP contribution in [0, 0.1) is 11.7 Å². The summed E-state index contributed by atoms with van der Waals surface area (Å²) in [5.41, 5.74) is 1.27. The molecule has 0 aliphatic carbocycles. The molecule has 154 valence electrons. The number of esters is 1. The largest absolute Gasteiger partial charge is 0.467 e. The van der Waals surface area contributed by atoms with E-state index >= 15 is 0 Å². The Balaban J connectivity index is 1.95. The molecule has 1 aromatic heterocycles. The minimum Gasteiger partial charge on any atom is -0.467 e. The first-order chi connectivity index (χ1) is 13.9. The van der Waals surface area contributed by atoms with Crippen LogP contribution in [0.1, 0.15) is 37.2 Å². The molecule has 1 atom stereocenters. The number of ether oxygens (including phenoxy) is 1. The zero-order valence-electron chi connectivity index (χ0n) is 16.8. The second-order valence-corrected chi connectivity index (χ2v) is 7.35. The number of benzene rings is 1. The molecule has 3 rings (SSSR count). The van der Waals surface area contributed by atoms with Gasteiger partial charge in [0, 0.05) is 18.7 Å². The SMILES string of the molecule is COC(=O)C(NC(=O)c1cnc(N2CCCC2)c(-c2ccc(F)cc2)n1)C(C)C. The zero-order chi connectivity index (χ0) is 21.0. The highest BCUT2D eigenvalue weighted by Crippen LogP contribution is 2.29. The number of methoxy groups -OCH3 is 1. The van der Waals surface area contributed by atoms with Crippen LogP contribution in [0.25, 0.3) is 11.3 Å². The van der Waals surface area contributed by atoms with E-state index in [4.69, 9.17) is 4.74 Å². The summed E-state index contributed by atoms with van der Waals surface area (Å²) < 4.78 is 18.2. The maximum absolute atomic E-state index is 13.4. The smallest absolute Gasteiger partial charge is 0.328 e. The maximum atomic E-state index is 13.4. The molecule has 1 aliphatic rings. The molecule has 7 nitrogen and oxygen atoms in total. The topological polar surface area (TPSA) is 84.4 Å². The van der Waals surface area contributed by atoms with Crippen molar-refractivity contribution in [2.75, 3.05) is 25.1 Å². The van der Waals surface area contributed by atoms with E-state index in [-0.39, 0.29) is 17.4 Å². The zero-order valence-corrected chi connectivity index (χ0v) is 16.8. The molecular weight excluding hydrogens is 375 g/mol. The fourth-order valence-corrected chi connectivity index (χ4v) is 3.29. The Labute approximate surface area is 169 Å². The van der Waals surface area contributed by atoms with Crippen LogP contribution in [0.3, 0.4) is 0 Å². The molecule has 1 aromatic carbocycles. The first-order valence-corrected chi connectivity index (χ1v) is 9.67. The number of hydrogen-bond donors (Lipinski definition) is 1. The molecule has 1 fully saturated rings. The average molecular weight is 400 g/mol. The van der Waals surface area contributed by atoms with Gasteiger partial charge in [0.15, 0.2) is 5.82 Å². The van der Waals surface area contributed by atoms with E-state index < -0.39 is 17.9 Å². The molecular formula is C21H25FN4O3. The van der Waals surface area contributed by atoms with Crippen molar-refractivity contribution < 1.29 is 18.7 Å². The molecule has 1 N–H and O–H groups in total. The van der Waals surface area contributed by atoms with Gasteiger partial charge < -0.3 is 15.0 Å². The van der Waals surface area contributed by atoms with E-state index in [2.05, 4.69) is 20.2 Å². The summed E-state index contributed by atoms with van der Waals surface area (Å²) in [5, 5.41) is 2.67. The highest BCUT2D eigenvalue weighted by molar-refractivity contribution is 5.96. The minimum absolute atomic E-state index is 0.0850. The van der Waals surface area contributed by atoms with E-state index in [1.165, 1.54) is 25.4 Å². The van der Waals surface area contributed by atoms with E-state index in [1.54, 1.807) is 12.1 Å². The summed E-state index contributed by atoms with van der Waals surface area (Å²) in [7, 11) is 1.28. The van der Waals surface area contributed by atoms with Crippen LogP contribution in [0.5, 0.6) is 0 Å². The van der Waals surface area contributed by atoms with Crippen LogP contribution in [0.15, 0.2) is 30.5 Å². The molecule has 29 heavy (non-hydrogen) atoms. The molecule has 2 heterocycles. The number of halogens is 1. The van der Waals surface area contributed by atoms with Crippen LogP contribution in [-0.4, -0.2) is 48.1 Å². The number of anilines is 1. The summed E-state index contributed by atoms with van der Waals surface area (Å²) in [6.45, 7) is 5.33. The van der Waals surface area contributed by atoms with Crippen molar-refractivity contribution in [3.8, 4) is 11.3 Å². The number of nitrogens with zero attached hydrogens (tertiary/aromatic N) is 3. The van der Waals surface area contributed by atoms with Crippen molar-refractivity contribution in [2.45, 2.75) is 32.7 Å². The number of aromatic nitrogens is 2. The van der Waals surface area contributed by atoms with Crippen molar-refractivity contribution >= 4 is 17.7 Å². The van der Waals surface area contributed by atoms with Gasteiger partial charge >= 0.3 is 5.97 Å². The van der Waals surface area contributed by atoms with Crippen LogP contribution in [0.4, 0.5) is 10.2 Å². The molecule has 2 aromatic rings. The number of amides is 1. The lowest BCUT2D eigenvalue weighted by atomic mass is 10.0. The maximum Gasteiger partial charge on any atom is 0.328 e. The van der Waals surface area contributed by atoms with Gasteiger partial charge in [0.1, 0.15) is 23.2 Å². The van der Waals surface area contributed by atoms with Crippen LogP contribution in [0.2, 0.25) is 0 Å². The summed E-state index contributed by atoms with van der Waals surface area (Å²) in [6, 6.07) is 5.15. The number of hydrogen-bond acceptors (Lipinski definition) is 6. The minimum atomic E-state index is -0.790. The first-order valence-electron chi connectivity index (χ1n) is 9.67. The molecule has 0 spiro atoms. The number of nitrogens with one attached hydrogen (secondary N) is 1. The Morgan fingerprint density at radius 2 is 1.83 bits per heavy atom. The summed E-state index contributed by atoms with van der Waals surface area (Å²) in [4.78, 5) is 35.8. The molecule has 1 unspecified atom stereocenters. The highest BCUT2D eigenvalue weighted by Gasteiger charge is 2.27. The summed E-state index contributed by atoms with van der Waals surface area (Å²) in [6.07, 6.45) is 3.52. The molecule has 1 amide bonds. The molecule has 1 saturated heterocycles. The van der Waals surface area contributed by atoms with Gasteiger partial charge in [0.25, 0.3) is 5.91 Å². The molecule has 0 bridgehead atoms. The third kappa shape index (κ3) is 4.70. The van der Waals surface area contributed by atoms with E-state index in [1.807, 2.05) is 13.8 Å². The molecule has 1 aliphatic heterocycles. The monoisotopic (exact) mass is 400 g/mol. The number of carbonyl (C=O) groups excluding carboxylic acids is 2. The van der Waals surface area contributed by atoms with E-state index in [9.17, 15) is 14.0 Å². The normalized spacial score (nSPS) is 14.7. The van der Waals surface area contributed by atoms with Gasteiger partial charge in [-0.15, -0.1) is 0 Å². The van der Waals surface area contributed by atoms with Gasteiger partial charge in [0.05, 0.1) is 13.3 Å². The van der Waals surface area contributed by atoms with Gasteiger partial charge in [-0.3, -0.25) is 4.79 Å². The molecule has 0 saturated carbocycles. The second-order valence-electron chi connectivity index (χ2n) is 7.35. The van der Waals surface area contributed by atoms with Crippen molar-refractivity contribution in [1.29, 1.82) is 0 Å². The van der Waals surface area contributed by atoms with Gasteiger partial charge in [-0.2, -0.15) is 0 Å². The third-order valence-electron chi connectivity index (χ3n) is 4.92. The van der Waals surface area contributed by atoms with Crippen molar-refractivity contribution in [2.24, 2.45) is 5.92 Å². The fourth-order valence-electron chi connectivity index (χ4n) is 3.29. The van der Waals surface area contributed by atoms with E-state index in [0.717, 1.165) is 25.9 Å². The Bertz CT molecular complexity index is 880. The van der Waals surface area contributed by atoms with Crippen molar-refractivity contribution in [3.63, 3.8) is 0 Å². The Hall–Kier alpha value is -3.03. The van der Waals surface area contributed by atoms with Crippen LogP contribution in [-0.2, 0) is 9.53 Å². The first kappa shape index (κ1) is 20.7. The fraction of sp³-hybridized carbons (Fsp3) is 0.429. The lowest BCUT2D eigenvalue weighted by molar-refractivity contribution is -0.144. The van der Waals surface area contributed by atoms with Crippen LogP contribution < -0.4 is 10.2 Å². The van der Waals surface area contributed by atoms with E-state index in [0.29, 0.717) is 17.1 Å². The number of rotatable bonds is 6. The lowest BCUT2D eigenvalue weighted by Gasteiger charge is -2.21. The van der Waals surface area contributed by atoms with Gasteiger partial charge in [0.2, 0.25) is 0 Å². The summed E-state index contributed by atoms with van der Waals surface area (Å²) >= 11 is 0. The van der Waals surface area contributed by atoms with Gasteiger partial charge in [-0.1, -0.05) is 13.8 Å². The quantitative estimate of drug-likeness (QED) is 0.751. The standard InChI is InChI=1S/C21H25FN4O3/c1-13(2)17(21(28)29-3)25-20(27)16-12-23-19(26-10-4-5-11-26)18(24-16)14-6-8-15(22)9-7-14/h6-9,12-13,17H,4-5,10-11H2,1-3H3,(H,25,27).